The second-order valence-electron chi connectivity index (χ2n) is 7.80. The number of hydrogen-bond donors (Lipinski definition) is 1. The van der Waals surface area contributed by atoms with Gasteiger partial charge in [0.15, 0.2) is 11.5 Å². The number of benzene rings is 1. The fourth-order valence-electron chi connectivity index (χ4n) is 4.36. The summed E-state index contributed by atoms with van der Waals surface area (Å²) in [6.45, 7) is 0. The average Bonchev–Trinajstić information content (AvgIpc) is 3.32. The summed E-state index contributed by atoms with van der Waals surface area (Å²) in [6.07, 6.45) is 3.91. The minimum Gasteiger partial charge on any atom is -0.366 e. The van der Waals surface area contributed by atoms with Crippen molar-refractivity contribution in [3.8, 4) is 11.4 Å². The number of amides is 2. The number of likely N-dealkylation sites (tertiary alicyclic amines) is 1. The summed E-state index contributed by atoms with van der Waals surface area (Å²) in [5, 5.41) is 16.2. The quantitative estimate of drug-likeness (QED) is 0.668. The van der Waals surface area contributed by atoms with Crippen molar-refractivity contribution < 1.29 is 14.0 Å². The number of nitrogens with one attached hydrogen (secondary N) is 1. The molecule has 2 aliphatic rings. The molecule has 0 unspecified atom stereocenters. The summed E-state index contributed by atoms with van der Waals surface area (Å²) in [5.74, 6) is 0.531. The van der Waals surface area contributed by atoms with Crippen LogP contribution in [0, 0.1) is 5.82 Å². The molecule has 2 aromatic heterocycles. The molecular weight excluding hydrogens is 387 g/mol. The summed E-state index contributed by atoms with van der Waals surface area (Å²) >= 11 is 0. The number of rotatable bonds is 4. The maximum atomic E-state index is 14.2. The number of anilines is 1. The van der Waals surface area contributed by atoms with Crippen LogP contribution in [0.25, 0.3) is 17.0 Å². The van der Waals surface area contributed by atoms with Gasteiger partial charge in [-0.25, -0.2) is 4.39 Å². The molecule has 2 amide bonds. The van der Waals surface area contributed by atoms with E-state index in [2.05, 4.69) is 20.6 Å². The van der Waals surface area contributed by atoms with Gasteiger partial charge in [0.1, 0.15) is 11.6 Å². The number of halogens is 1. The Hall–Kier alpha value is -3.36. The first-order chi connectivity index (χ1) is 14.6. The maximum absolute atomic E-state index is 14.2. The van der Waals surface area contributed by atoms with Crippen LogP contribution in [-0.2, 0) is 9.59 Å². The molecule has 30 heavy (non-hydrogen) atoms. The summed E-state index contributed by atoms with van der Waals surface area (Å²) in [6, 6.07) is 10.2. The van der Waals surface area contributed by atoms with Crippen molar-refractivity contribution in [2.24, 2.45) is 0 Å². The molecule has 0 atom stereocenters. The molecule has 9 heteroatoms. The molecule has 1 N–H and O–H groups in total. The fraction of sp³-hybridized carbons (Fsp3) is 0.381. The molecule has 0 radical (unpaired) electrons. The highest BCUT2D eigenvalue weighted by Gasteiger charge is 2.36. The Morgan fingerprint density at radius 2 is 1.67 bits per heavy atom. The Bertz CT molecular complexity index is 1110. The summed E-state index contributed by atoms with van der Waals surface area (Å²) < 4.78 is 15.7. The predicted molar refractivity (Wildman–Crippen MR) is 107 cm³/mol. The van der Waals surface area contributed by atoms with Crippen LogP contribution in [0.5, 0.6) is 0 Å². The molecule has 0 spiro atoms. The Morgan fingerprint density at radius 1 is 0.933 bits per heavy atom. The van der Waals surface area contributed by atoms with Crippen molar-refractivity contribution >= 4 is 23.3 Å². The third-order valence-electron chi connectivity index (χ3n) is 5.88. The van der Waals surface area contributed by atoms with E-state index in [1.54, 1.807) is 24.3 Å². The molecule has 0 bridgehead atoms. The van der Waals surface area contributed by atoms with Gasteiger partial charge in [-0.05, 0) is 49.9 Å². The van der Waals surface area contributed by atoms with E-state index < -0.39 is 0 Å². The number of carbonyl (C=O) groups excluding carboxylic acids is 2. The van der Waals surface area contributed by atoms with Gasteiger partial charge in [-0.1, -0.05) is 12.1 Å². The molecule has 1 aromatic carbocycles. The second-order valence-corrected chi connectivity index (χ2v) is 7.80. The van der Waals surface area contributed by atoms with E-state index in [4.69, 9.17) is 0 Å². The zero-order valence-corrected chi connectivity index (χ0v) is 16.3. The minimum atomic E-state index is -0.378. The van der Waals surface area contributed by atoms with Crippen LogP contribution in [0.4, 0.5) is 10.2 Å². The van der Waals surface area contributed by atoms with E-state index in [0.717, 1.165) is 25.7 Å². The van der Waals surface area contributed by atoms with Gasteiger partial charge in [-0.3, -0.25) is 14.5 Å². The van der Waals surface area contributed by atoms with Gasteiger partial charge in [0.05, 0.1) is 5.56 Å². The molecule has 3 heterocycles. The summed E-state index contributed by atoms with van der Waals surface area (Å²) in [7, 11) is 0. The molecule has 1 aliphatic heterocycles. The monoisotopic (exact) mass is 408 g/mol. The van der Waals surface area contributed by atoms with Crippen molar-refractivity contribution in [3.63, 3.8) is 0 Å². The first-order valence-corrected chi connectivity index (χ1v) is 10.2. The molecule has 8 nitrogen and oxygen atoms in total. The topological polar surface area (TPSA) is 92.5 Å². The van der Waals surface area contributed by atoms with Crippen molar-refractivity contribution in [1.82, 2.24) is 24.7 Å². The number of imide groups is 1. The van der Waals surface area contributed by atoms with Crippen LogP contribution >= 0.6 is 0 Å². The molecule has 1 aliphatic carbocycles. The fourth-order valence-corrected chi connectivity index (χ4v) is 4.36. The second kappa shape index (κ2) is 7.47. The zero-order valence-electron chi connectivity index (χ0n) is 16.3. The smallest absolute Gasteiger partial charge is 0.229 e. The van der Waals surface area contributed by atoms with Crippen LogP contribution < -0.4 is 5.32 Å². The van der Waals surface area contributed by atoms with Gasteiger partial charge in [-0.2, -0.15) is 4.52 Å². The third-order valence-corrected chi connectivity index (χ3v) is 5.88. The van der Waals surface area contributed by atoms with E-state index in [-0.39, 0.29) is 29.7 Å². The predicted octanol–water partition coefficient (Wildman–Crippen LogP) is 2.80. The van der Waals surface area contributed by atoms with Gasteiger partial charge >= 0.3 is 0 Å². The lowest BCUT2D eigenvalue weighted by Crippen LogP contribution is -2.43. The molecular formula is C21H21FN6O2. The van der Waals surface area contributed by atoms with Gasteiger partial charge in [0, 0.05) is 24.9 Å². The largest absolute Gasteiger partial charge is 0.366 e. The van der Waals surface area contributed by atoms with Gasteiger partial charge < -0.3 is 5.32 Å². The number of nitrogens with zero attached hydrogens (tertiary/aromatic N) is 5. The number of carbonyl (C=O) groups is 2. The highest BCUT2D eigenvalue weighted by Crippen LogP contribution is 2.29. The summed E-state index contributed by atoms with van der Waals surface area (Å²) in [5.41, 5.74) is 0.878. The van der Waals surface area contributed by atoms with E-state index >= 15 is 0 Å². The molecule has 1 saturated heterocycles. The van der Waals surface area contributed by atoms with Gasteiger partial charge in [0.2, 0.25) is 11.8 Å². The molecule has 154 valence electrons. The Morgan fingerprint density at radius 3 is 2.40 bits per heavy atom. The SMILES string of the molecule is O=C1CCC(=O)N1C1CCC(Nc2ccc3nnc(-c4ccccc4F)n3n2)CC1. The Balaban J connectivity index is 1.31. The van der Waals surface area contributed by atoms with Crippen molar-refractivity contribution in [1.29, 1.82) is 0 Å². The lowest BCUT2D eigenvalue weighted by Gasteiger charge is -2.33. The minimum absolute atomic E-state index is 0.00602. The first-order valence-electron chi connectivity index (χ1n) is 10.2. The first kappa shape index (κ1) is 18.7. The zero-order chi connectivity index (χ0) is 20.7. The number of aromatic nitrogens is 4. The normalized spacial score (nSPS) is 22.1. The molecule has 1 saturated carbocycles. The number of hydrogen-bond acceptors (Lipinski definition) is 6. The lowest BCUT2D eigenvalue weighted by molar-refractivity contribution is -0.141. The molecule has 2 fully saturated rings. The molecule has 3 aromatic rings. The van der Waals surface area contributed by atoms with Crippen molar-refractivity contribution in [2.45, 2.75) is 50.6 Å². The Kier molecular flexibility index (Phi) is 4.65. The van der Waals surface area contributed by atoms with Crippen LogP contribution in [-0.4, -0.2) is 48.6 Å². The van der Waals surface area contributed by atoms with Gasteiger partial charge in [-0.15, -0.1) is 15.3 Å². The van der Waals surface area contributed by atoms with E-state index in [0.29, 0.717) is 35.7 Å². The highest BCUT2D eigenvalue weighted by molar-refractivity contribution is 6.02. The highest BCUT2D eigenvalue weighted by atomic mass is 19.1. The van der Waals surface area contributed by atoms with E-state index in [1.165, 1.54) is 15.5 Å². The van der Waals surface area contributed by atoms with E-state index in [1.807, 2.05) is 6.07 Å². The van der Waals surface area contributed by atoms with Crippen LogP contribution in [0.1, 0.15) is 38.5 Å². The van der Waals surface area contributed by atoms with Crippen LogP contribution in [0.15, 0.2) is 36.4 Å². The van der Waals surface area contributed by atoms with Crippen LogP contribution in [0.2, 0.25) is 0 Å². The lowest BCUT2D eigenvalue weighted by atomic mass is 9.90. The standard InChI is InChI=1S/C21H21FN6O2/c22-16-4-2-1-3-15(16)21-25-24-18-10-9-17(26-28(18)21)23-13-5-7-14(8-6-13)27-19(29)11-12-20(27)30/h1-4,9-10,13-14H,5-8,11-12H2,(H,23,26). The van der Waals surface area contributed by atoms with Crippen LogP contribution in [0.3, 0.4) is 0 Å². The van der Waals surface area contributed by atoms with Gasteiger partial charge in [0.25, 0.3) is 0 Å². The number of fused-ring (bicyclic) bond motifs is 1. The average molecular weight is 408 g/mol. The Labute approximate surface area is 172 Å². The van der Waals surface area contributed by atoms with Crippen molar-refractivity contribution in [3.05, 3.63) is 42.2 Å². The maximum Gasteiger partial charge on any atom is 0.229 e. The summed E-state index contributed by atoms with van der Waals surface area (Å²) in [4.78, 5) is 25.4. The van der Waals surface area contributed by atoms with E-state index in [9.17, 15) is 14.0 Å². The molecule has 5 rings (SSSR count). The third kappa shape index (κ3) is 3.30. The van der Waals surface area contributed by atoms with Crippen molar-refractivity contribution in [2.75, 3.05) is 5.32 Å².